The van der Waals surface area contributed by atoms with Gasteiger partial charge in [-0.25, -0.2) is 4.98 Å². The Hall–Kier alpha value is -0.990. The van der Waals surface area contributed by atoms with Crippen LogP contribution >= 0.6 is 0 Å². The minimum Gasteiger partial charge on any atom is -0.353 e. The van der Waals surface area contributed by atoms with E-state index in [1.165, 1.54) is 19.3 Å². The molecule has 54 valence electrons. The minimum atomic E-state index is 0.672. The first-order valence-electron chi connectivity index (χ1n) is 3.71. The van der Waals surface area contributed by atoms with E-state index in [0.717, 1.165) is 5.95 Å². The molecule has 0 aromatic carbocycles. The molecule has 1 aromatic heterocycles. The van der Waals surface area contributed by atoms with Crippen LogP contribution in [0.1, 0.15) is 19.3 Å². The SMILES string of the molecule is c1c[nH]c(NC2CCC2)n1. The van der Waals surface area contributed by atoms with Gasteiger partial charge in [-0.2, -0.15) is 0 Å². The van der Waals surface area contributed by atoms with Gasteiger partial charge in [-0.1, -0.05) is 0 Å². The smallest absolute Gasteiger partial charge is 0.200 e. The summed E-state index contributed by atoms with van der Waals surface area (Å²) < 4.78 is 0. The molecule has 1 heterocycles. The van der Waals surface area contributed by atoms with Crippen LogP contribution in [0.4, 0.5) is 5.95 Å². The molecule has 0 saturated heterocycles. The first-order valence-corrected chi connectivity index (χ1v) is 3.71. The number of imidazole rings is 1. The van der Waals surface area contributed by atoms with Crippen LogP contribution in [0.5, 0.6) is 0 Å². The number of hydrogen-bond acceptors (Lipinski definition) is 2. The summed E-state index contributed by atoms with van der Waals surface area (Å²) in [6.45, 7) is 0. The van der Waals surface area contributed by atoms with E-state index in [1.807, 2.05) is 6.20 Å². The van der Waals surface area contributed by atoms with Crippen molar-refractivity contribution in [3.05, 3.63) is 12.4 Å². The Kier molecular flexibility index (Phi) is 1.34. The third kappa shape index (κ3) is 0.988. The van der Waals surface area contributed by atoms with Gasteiger partial charge in [-0.15, -0.1) is 0 Å². The summed E-state index contributed by atoms with van der Waals surface area (Å²) in [6, 6.07) is 0.672. The van der Waals surface area contributed by atoms with Crippen LogP contribution in [-0.4, -0.2) is 16.0 Å². The Balaban J connectivity index is 1.90. The molecule has 1 saturated carbocycles. The van der Waals surface area contributed by atoms with Crippen molar-refractivity contribution in [1.29, 1.82) is 0 Å². The predicted molar refractivity (Wildman–Crippen MR) is 39.8 cm³/mol. The maximum atomic E-state index is 4.07. The van der Waals surface area contributed by atoms with Crippen molar-refractivity contribution in [3.63, 3.8) is 0 Å². The van der Waals surface area contributed by atoms with Crippen LogP contribution in [0.3, 0.4) is 0 Å². The lowest BCUT2D eigenvalue weighted by Crippen LogP contribution is -2.27. The molecule has 0 amide bonds. The lowest BCUT2D eigenvalue weighted by atomic mass is 9.93. The van der Waals surface area contributed by atoms with Crippen LogP contribution in [0.15, 0.2) is 12.4 Å². The maximum absolute atomic E-state index is 4.07. The highest BCUT2D eigenvalue weighted by Crippen LogP contribution is 2.20. The molecule has 3 nitrogen and oxygen atoms in total. The molecule has 0 radical (unpaired) electrons. The van der Waals surface area contributed by atoms with Gasteiger partial charge in [0, 0.05) is 18.4 Å². The number of rotatable bonds is 2. The second kappa shape index (κ2) is 2.33. The van der Waals surface area contributed by atoms with Crippen molar-refractivity contribution in [2.75, 3.05) is 5.32 Å². The number of nitrogens with zero attached hydrogens (tertiary/aromatic N) is 1. The minimum absolute atomic E-state index is 0.672. The third-order valence-electron chi connectivity index (χ3n) is 1.94. The summed E-state index contributed by atoms with van der Waals surface area (Å²) in [6.07, 6.45) is 7.54. The molecule has 3 heteroatoms. The summed E-state index contributed by atoms with van der Waals surface area (Å²) in [5.74, 6) is 0.907. The Morgan fingerprint density at radius 2 is 2.50 bits per heavy atom. The van der Waals surface area contributed by atoms with E-state index >= 15 is 0 Å². The fourth-order valence-electron chi connectivity index (χ4n) is 1.09. The Bertz CT molecular complexity index is 189. The monoisotopic (exact) mass is 137 g/mol. The zero-order chi connectivity index (χ0) is 6.81. The normalized spacial score (nSPS) is 18.4. The number of nitrogens with one attached hydrogen (secondary N) is 2. The second-order valence-corrected chi connectivity index (χ2v) is 2.71. The van der Waals surface area contributed by atoms with E-state index in [0.29, 0.717) is 6.04 Å². The summed E-state index contributed by atoms with van der Waals surface area (Å²) in [7, 11) is 0. The van der Waals surface area contributed by atoms with Crippen molar-refractivity contribution in [3.8, 4) is 0 Å². The van der Waals surface area contributed by atoms with E-state index in [9.17, 15) is 0 Å². The van der Waals surface area contributed by atoms with E-state index < -0.39 is 0 Å². The lowest BCUT2D eigenvalue weighted by Gasteiger charge is -2.25. The Morgan fingerprint density at radius 1 is 1.60 bits per heavy atom. The van der Waals surface area contributed by atoms with Crippen LogP contribution in [0, 0.1) is 0 Å². The number of aromatic nitrogens is 2. The maximum Gasteiger partial charge on any atom is 0.200 e. The van der Waals surface area contributed by atoms with E-state index in [2.05, 4.69) is 15.3 Å². The van der Waals surface area contributed by atoms with Crippen LogP contribution in [0.25, 0.3) is 0 Å². The highest BCUT2D eigenvalue weighted by atomic mass is 15.1. The number of H-pyrrole nitrogens is 1. The summed E-state index contributed by atoms with van der Waals surface area (Å²) in [4.78, 5) is 7.09. The van der Waals surface area contributed by atoms with Gasteiger partial charge in [0.05, 0.1) is 0 Å². The zero-order valence-corrected chi connectivity index (χ0v) is 5.80. The van der Waals surface area contributed by atoms with Crippen molar-refractivity contribution < 1.29 is 0 Å². The molecule has 2 N–H and O–H groups in total. The molecular weight excluding hydrogens is 126 g/mol. The summed E-state index contributed by atoms with van der Waals surface area (Å²) in [5, 5.41) is 3.29. The van der Waals surface area contributed by atoms with Gasteiger partial charge < -0.3 is 10.3 Å². The van der Waals surface area contributed by atoms with Gasteiger partial charge in [-0.3, -0.25) is 0 Å². The molecular formula is C7H11N3. The van der Waals surface area contributed by atoms with Crippen molar-refractivity contribution in [1.82, 2.24) is 9.97 Å². The molecule has 0 atom stereocenters. The molecule has 1 fully saturated rings. The van der Waals surface area contributed by atoms with E-state index in [1.54, 1.807) is 6.20 Å². The topological polar surface area (TPSA) is 40.7 Å². The van der Waals surface area contributed by atoms with Gasteiger partial charge in [0.2, 0.25) is 0 Å². The quantitative estimate of drug-likeness (QED) is 0.646. The van der Waals surface area contributed by atoms with Gasteiger partial charge >= 0.3 is 0 Å². The fourth-order valence-corrected chi connectivity index (χ4v) is 1.09. The molecule has 0 aliphatic heterocycles. The van der Waals surface area contributed by atoms with Crippen molar-refractivity contribution >= 4 is 5.95 Å². The largest absolute Gasteiger partial charge is 0.353 e. The molecule has 0 unspecified atom stereocenters. The van der Waals surface area contributed by atoms with Crippen LogP contribution in [0.2, 0.25) is 0 Å². The molecule has 1 aromatic rings. The average Bonchev–Trinajstić information content (AvgIpc) is 2.29. The highest BCUT2D eigenvalue weighted by molar-refractivity contribution is 5.25. The number of hydrogen-bond donors (Lipinski definition) is 2. The van der Waals surface area contributed by atoms with Crippen molar-refractivity contribution in [2.45, 2.75) is 25.3 Å². The van der Waals surface area contributed by atoms with E-state index in [4.69, 9.17) is 0 Å². The molecule has 1 aliphatic rings. The van der Waals surface area contributed by atoms with Crippen LogP contribution < -0.4 is 5.32 Å². The average molecular weight is 137 g/mol. The fraction of sp³-hybridized carbons (Fsp3) is 0.571. The number of anilines is 1. The predicted octanol–water partition coefficient (Wildman–Crippen LogP) is 1.37. The first-order chi connectivity index (χ1) is 4.95. The summed E-state index contributed by atoms with van der Waals surface area (Å²) in [5.41, 5.74) is 0. The number of aromatic amines is 1. The lowest BCUT2D eigenvalue weighted by molar-refractivity contribution is 0.443. The van der Waals surface area contributed by atoms with Gasteiger partial charge in [0.25, 0.3) is 0 Å². The van der Waals surface area contributed by atoms with Gasteiger partial charge in [0.15, 0.2) is 5.95 Å². The zero-order valence-electron chi connectivity index (χ0n) is 5.80. The molecule has 1 aliphatic carbocycles. The van der Waals surface area contributed by atoms with E-state index in [-0.39, 0.29) is 0 Å². The standard InChI is InChI=1S/C7H11N3/c1-2-6(3-1)10-7-8-4-5-9-7/h4-6H,1-3H2,(H2,8,9,10). The third-order valence-corrected chi connectivity index (χ3v) is 1.94. The molecule has 0 bridgehead atoms. The first kappa shape index (κ1) is 5.77. The van der Waals surface area contributed by atoms with Crippen LogP contribution in [-0.2, 0) is 0 Å². The Labute approximate surface area is 59.9 Å². The molecule has 10 heavy (non-hydrogen) atoms. The molecule has 0 spiro atoms. The van der Waals surface area contributed by atoms with Gasteiger partial charge in [0.1, 0.15) is 0 Å². The second-order valence-electron chi connectivity index (χ2n) is 2.71. The Morgan fingerprint density at radius 3 is 3.00 bits per heavy atom. The molecule has 2 rings (SSSR count). The summed E-state index contributed by atoms with van der Waals surface area (Å²) >= 11 is 0. The van der Waals surface area contributed by atoms with Crippen molar-refractivity contribution in [2.24, 2.45) is 0 Å². The van der Waals surface area contributed by atoms with Gasteiger partial charge in [-0.05, 0) is 19.3 Å². The highest BCUT2D eigenvalue weighted by Gasteiger charge is 2.16.